The third-order valence-electron chi connectivity index (χ3n) is 4.71. The normalized spacial score (nSPS) is 18.8. The van der Waals surface area contributed by atoms with Gasteiger partial charge in [0, 0.05) is 33.4 Å². The number of nitrogens with zero attached hydrogens (tertiary/aromatic N) is 4. The van der Waals surface area contributed by atoms with Crippen molar-refractivity contribution in [2.45, 2.75) is 25.9 Å². The smallest absolute Gasteiger partial charge is 0.193 e. The molecule has 26 heavy (non-hydrogen) atoms. The van der Waals surface area contributed by atoms with Crippen LogP contribution in [0.25, 0.3) is 0 Å². The highest BCUT2D eigenvalue weighted by atomic mass is 16.5. The first-order valence-electron chi connectivity index (χ1n) is 9.29. The van der Waals surface area contributed by atoms with Crippen molar-refractivity contribution in [2.24, 2.45) is 18.0 Å². The van der Waals surface area contributed by atoms with Gasteiger partial charge in [0.15, 0.2) is 5.96 Å². The lowest BCUT2D eigenvalue weighted by Crippen LogP contribution is -2.43. The van der Waals surface area contributed by atoms with Gasteiger partial charge in [-0.15, -0.1) is 0 Å². The van der Waals surface area contributed by atoms with Gasteiger partial charge in [0.05, 0.1) is 12.7 Å². The zero-order chi connectivity index (χ0) is 18.4. The Bertz CT molecular complexity index is 712. The Morgan fingerprint density at radius 1 is 1.38 bits per heavy atom. The predicted molar refractivity (Wildman–Crippen MR) is 104 cm³/mol. The van der Waals surface area contributed by atoms with E-state index in [9.17, 15) is 0 Å². The summed E-state index contributed by atoms with van der Waals surface area (Å²) in [6, 6.07) is 9.93. The lowest BCUT2D eigenvalue weighted by atomic mass is 10.0. The molecule has 2 heterocycles. The molecule has 0 radical (unpaired) electrons. The third kappa shape index (κ3) is 5.00. The van der Waals surface area contributed by atoms with Gasteiger partial charge < -0.3 is 15.0 Å². The number of hydrogen-bond donors (Lipinski definition) is 1. The number of aliphatic imine (C=N–C) groups is 1. The monoisotopic (exact) mass is 355 g/mol. The van der Waals surface area contributed by atoms with Crippen LogP contribution < -0.4 is 10.1 Å². The van der Waals surface area contributed by atoms with E-state index in [0.29, 0.717) is 5.92 Å². The Balaban J connectivity index is 1.45. The van der Waals surface area contributed by atoms with Crippen molar-refractivity contribution in [1.29, 1.82) is 0 Å². The van der Waals surface area contributed by atoms with Crippen molar-refractivity contribution in [3.63, 3.8) is 0 Å². The third-order valence-corrected chi connectivity index (χ3v) is 4.71. The summed E-state index contributed by atoms with van der Waals surface area (Å²) >= 11 is 0. The molecule has 1 aromatic heterocycles. The van der Waals surface area contributed by atoms with Crippen molar-refractivity contribution in [3.8, 4) is 5.75 Å². The highest BCUT2D eigenvalue weighted by Crippen LogP contribution is 2.20. The van der Waals surface area contributed by atoms with Crippen molar-refractivity contribution < 1.29 is 4.74 Å². The van der Waals surface area contributed by atoms with Crippen LogP contribution in [-0.2, 0) is 13.5 Å². The molecular formula is C20H29N5O. The van der Waals surface area contributed by atoms with Crippen LogP contribution in [0.2, 0.25) is 0 Å². The van der Waals surface area contributed by atoms with E-state index in [1.165, 1.54) is 12.0 Å². The van der Waals surface area contributed by atoms with Gasteiger partial charge in [0.25, 0.3) is 0 Å². The van der Waals surface area contributed by atoms with Crippen LogP contribution >= 0.6 is 0 Å². The number of aryl methyl sites for hydroxylation is 1. The Labute approximate surface area is 155 Å². The SMILES string of the molecule is CN=C(NCC(C)Oc1ccccc1)N1CCC(Cc2cnn(C)c2)C1. The second-order valence-corrected chi connectivity index (χ2v) is 7.00. The number of ether oxygens (including phenoxy) is 1. The van der Waals surface area contributed by atoms with E-state index in [4.69, 9.17) is 4.74 Å². The van der Waals surface area contributed by atoms with E-state index in [1.807, 2.05) is 55.3 Å². The van der Waals surface area contributed by atoms with E-state index in [1.54, 1.807) is 0 Å². The molecule has 0 amide bonds. The Morgan fingerprint density at radius 3 is 2.88 bits per heavy atom. The number of benzene rings is 1. The lowest BCUT2D eigenvalue weighted by molar-refractivity contribution is 0.222. The minimum absolute atomic E-state index is 0.0722. The van der Waals surface area contributed by atoms with Crippen LogP contribution in [0, 0.1) is 5.92 Å². The van der Waals surface area contributed by atoms with E-state index >= 15 is 0 Å². The molecule has 6 nitrogen and oxygen atoms in total. The fourth-order valence-electron chi connectivity index (χ4n) is 3.44. The highest BCUT2D eigenvalue weighted by Gasteiger charge is 2.25. The van der Waals surface area contributed by atoms with E-state index in [-0.39, 0.29) is 6.10 Å². The average Bonchev–Trinajstić information content (AvgIpc) is 3.26. The Hall–Kier alpha value is -2.50. The van der Waals surface area contributed by atoms with Crippen LogP contribution in [0.15, 0.2) is 47.7 Å². The summed E-state index contributed by atoms with van der Waals surface area (Å²) in [5.74, 6) is 2.51. The van der Waals surface area contributed by atoms with Gasteiger partial charge in [-0.3, -0.25) is 9.67 Å². The zero-order valence-electron chi connectivity index (χ0n) is 15.9. The molecule has 0 bridgehead atoms. The van der Waals surface area contributed by atoms with Crippen molar-refractivity contribution in [1.82, 2.24) is 20.0 Å². The maximum atomic E-state index is 5.93. The molecule has 0 aliphatic carbocycles. The standard InChI is InChI=1S/C20H29N5O/c1-16(26-19-7-5-4-6-8-19)12-22-20(21-2)25-10-9-17(15-25)11-18-13-23-24(3)14-18/h4-8,13-14,16-17H,9-12,15H2,1-3H3,(H,21,22). The molecule has 1 aliphatic heterocycles. The fourth-order valence-corrected chi connectivity index (χ4v) is 3.44. The summed E-state index contributed by atoms with van der Waals surface area (Å²) in [7, 11) is 3.81. The van der Waals surface area contributed by atoms with Crippen LogP contribution in [0.5, 0.6) is 5.75 Å². The molecule has 1 aromatic carbocycles. The molecule has 2 atom stereocenters. The van der Waals surface area contributed by atoms with Crippen LogP contribution in [0.3, 0.4) is 0 Å². The number of rotatable bonds is 6. The van der Waals surface area contributed by atoms with E-state index in [2.05, 4.69) is 33.4 Å². The largest absolute Gasteiger partial charge is 0.489 e. The van der Waals surface area contributed by atoms with Crippen molar-refractivity contribution >= 4 is 5.96 Å². The quantitative estimate of drug-likeness (QED) is 0.638. The van der Waals surface area contributed by atoms with E-state index in [0.717, 1.165) is 37.8 Å². The summed E-state index contributed by atoms with van der Waals surface area (Å²) in [5.41, 5.74) is 1.31. The highest BCUT2D eigenvalue weighted by molar-refractivity contribution is 5.80. The second kappa shape index (κ2) is 8.74. The molecule has 0 spiro atoms. The van der Waals surface area contributed by atoms with Crippen LogP contribution in [-0.4, -0.2) is 53.4 Å². The number of nitrogens with one attached hydrogen (secondary N) is 1. The Morgan fingerprint density at radius 2 is 2.19 bits per heavy atom. The van der Waals surface area contributed by atoms with Crippen molar-refractivity contribution in [3.05, 3.63) is 48.3 Å². The maximum absolute atomic E-state index is 5.93. The molecule has 2 aromatic rings. The number of guanidine groups is 1. The molecule has 1 aliphatic rings. The molecule has 1 saturated heterocycles. The van der Waals surface area contributed by atoms with Gasteiger partial charge in [0.1, 0.15) is 11.9 Å². The van der Waals surface area contributed by atoms with Crippen molar-refractivity contribution in [2.75, 3.05) is 26.7 Å². The molecule has 1 N–H and O–H groups in total. The lowest BCUT2D eigenvalue weighted by Gasteiger charge is -2.23. The van der Waals surface area contributed by atoms with Gasteiger partial charge in [-0.1, -0.05) is 18.2 Å². The van der Waals surface area contributed by atoms with Crippen LogP contribution in [0.1, 0.15) is 18.9 Å². The minimum Gasteiger partial charge on any atom is -0.489 e. The van der Waals surface area contributed by atoms with Gasteiger partial charge in [0.2, 0.25) is 0 Å². The fraction of sp³-hybridized carbons (Fsp3) is 0.500. The molecular weight excluding hydrogens is 326 g/mol. The van der Waals surface area contributed by atoms with Gasteiger partial charge in [-0.2, -0.15) is 5.10 Å². The zero-order valence-corrected chi connectivity index (χ0v) is 15.9. The topological polar surface area (TPSA) is 54.7 Å². The summed E-state index contributed by atoms with van der Waals surface area (Å²) in [6.07, 6.45) is 6.42. The first kappa shape index (κ1) is 18.3. The van der Waals surface area contributed by atoms with Gasteiger partial charge in [-0.05, 0) is 43.4 Å². The van der Waals surface area contributed by atoms with Gasteiger partial charge in [-0.25, -0.2) is 0 Å². The molecule has 6 heteroatoms. The number of hydrogen-bond acceptors (Lipinski definition) is 3. The molecule has 3 rings (SSSR count). The Kier molecular flexibility index (Phi) is 6.15. The molecule has 1 fully saturated rings. The molecule has 140 valence electrons. The van der Waals surface area contributed by atoms with Crippen LogP contribution in [0.4, 0.5) is 0 Å². The number of likely N-dealkylation sites (tertiary alicyclic amines) is 1. The number of para-hydroxylation sites is 1. The predicted octanol–water partition coefficient (Wildman–Crippen LogP) is 2.33. The van der Waals surface area contributed by atoms with Gasteiger partial charge >= 0.3 is 0 Å². The second-order valence-electron chi connectivity index (χ2n) is 7.00. The summed E-state index contributed by atoms with van der Waals surface area (Å²) in [4.78, 5) is 6.80. The number of aromatic nitrogens is 2. The molecule has 0 saturated carbocycles. The minimum atomic E-state index is 0.0722. The average molecular weight is 355 g/mol. The molecule has 2 unspecified atom stereocenters. The summed E-state index contributed by atoms with van der Waals surface area (Å²) in [6.45, 7) is 4.87. The first-order chi connectivity index (χ1) is 12.6. The maximum Gasteiger partial charge on any atom is 0.193 e. The summed E-state index contributed by atoms with van der Waals surface area (Å²) in [5, 5.41) is 7.72. The van der Waals surface area contributed by atoms with E-state index < -0.39 is 0 Å². The first-order valence-corrected chi connectivity index (χ1v) is 9.29. The summed E-state index contributed by atoms with van der Waals surface area (Å²) < 4.78 is 7.80.